The van der Waals surface area contributed by atoms with Crippen molar-refractivity contribution in [2.24, 2.45) is 0 Å². The minimum atomic E-state index is -0.576. The van der Waals surface area contributed by atoms with E-state index in [1.54, 1.807) is 54.6 Å². The lowest BCUT2D eigenvalue weighted by Crippen LogP contribution is -2.40. The molecule has 164 valence electrons. The van der Waals surface area contributed by atoms with Crippen molar-refractivity contribution in [3.05, 3.63) is 80.3 Å². The Hall–Kier alpha value is -3.85. The normalized spacial score (nSPS) is 10.8. The Bertz CT molecular complexity index is 1420. The number of carbonyl (C=O) groups is 1. The van der Waals surface area contributed by atoms with Gasteiger partial charge in [-0.05, 0) is 37.3 Å². The molecule has 4 aromatic rings. The van der Waals surface area contributed by atoms with Crippen molar-refractivity contribution in [1.82, 2.24) is 9.13 Å². The molecule has 0 saturated heterocycles. The first kappa shape index (κ1) is 21.4. The summed E-state index contributed by atoms with van der Waals surface area (Å²) in [4.78, 5) is 40.6. The molecule has 2 aromatic carbocycles. The third-order valence-corrected chi connectivity index (χ3v) is 6.01. The number of aryl methyl sites for hydroxylation is 1. The predicted octanol–water partition coefficient (Wildman–Crippen LogP) is 3.18. The lowest BCUT2D eigenvalue weighted by atomic mass is 10.2. The quantitative estimate of drug-likeness (QED) is 0.486. The summed E-state index contributed by atoms with van der Waals surface area (Å²) in [5.74, 6) is 0.583. The zero-order chi connectivity index (χ0) is 22.8. The molecule has 9 heteroatoms. The van der Waals surface area contributed by atoms with Gasteiger partial charge in [0.2, 0.25) is 5.91 Å². The van der Waals surface area contributed by atoms with Crippen molar-refractivity contribution >= 4 is 33.1 Å². The van der Waals surface area contributed by atoms with E-state index in [1.807, 2.05) is 6.92 Å². The molecule has 2 heterocycles. The van der Waals surface area contributed by atoms with Crippen LogP contribution in [0.5, 0.6) is 11.5 Å². The summed E-state index contributed by atoms with van der Waals surface area (Å²) >= 11 is 1.30. The van der Waals surface area contributed by atoms with E-state index in [0.29, 0.717) is 33.1 Å². The minimum Gasteiger partial charge on any atom is -0.497 e. The van der Waals surface area contributed by atoms with Gasteiger partial charge in [0.25, 0.3) is 5.56 Å². The average molecular weight is 452 g/mol. The van der Waals surface area contributed by atoms with Crippen molar-refractivity contribution in [3.8, 4) is 17.2 Å². The molecule has 0 spiro atoms. The molecule has 0 fully saturated rings. The summed E-state index contributed by atoms with van der Waals surface area (Å²) in [7, 11) is 3.03. The van der Waals surface area contributed by atoms with Crippen LogP contribution in [0.3, 0.4) is 0 Å². The molecule has 2 aromatic heterocycles. The van der Waals surface area contributed by atoms with Gasteiger partial charge in [0.05, 0.1) is 31.0 Å². The highest BCUT2D eigenvalue weighted by Crippen LogP contribution is 2.29. The predicted molar refractivity (Wildman–Crippen MR) is 125 cm³/mol. The zero-order valence-corrected chi connectivity index (χ0v) is 18.6. The van der Waals surface area contributed by atoms with Gasteiger partial charge >= 0.3 is 5.69 Å². The molecular weight excluding hydrogens is 430 g/mol. The van der Waals surface area contributed by atoms with Gasteiger partial charge in [0.15, 0.2) is 0 Å². The van der Waals surface area contributed by atoms with Gasteiger partial charge in [-0.15, -0.1) is 11.3 Å². The Morgan fingerprint density at radius 2 is 1.78 bits per heavy atom. The van der Waals surface area contributed by atoms with Gasteiger partial charge in [-0.1, -0.05) is 18.2 Å². The van der Waals surface area contributed by atoms with E-state index in [0.717, 1.165) is 9.44 Å². The molecule has 0 unspecified atom stereocenters. The number of fused-ring (bicyclic) bond motifs is 1. The van der Waals surface area contributed by atoms with Crippen molar-refractivity contribution in [1.29, 1.82) is 0 Å². The lowest BCUT2D eigenvalue weighted by molar-refractivity contribution is -0.116. The summed E-state index contributed by atoms with van der Waals surface area (Å²) in [6.45, 7) is 1.59. The Kier molecular flexibility index (Phi) is 5.83. The van der Waals surface area contributed by atoms with Crippen LogP contribution in [0.1, 0.15) is 4.88 Å². The number of hydrogen-bond acceptors (Lipinski definition) is 6. The van der Waals surface area contributed by atoms with Gasteiger partial charge in [0.1, 0.15) is 22.9 Å². The molecular formula is C23H21N3O5S. The lowest BCUT2D eigenvalue weighted by Gasteiger charge is -2.14. The first-order chi connectivity index (χ1) is 15.4. The van der Waals surface area contributed by atoms with Crippen molar-refractivity contribution in [2.75, 3.05) is 19.5 Å². The van der Waals surface area contributed by atoms with Crippen LogP contribution in [-0.2, 0) is 11.3 Å². The van der Waals surface area contributed by atoms with Crippen LogP contribution in [-0.4, -0.2) is 29.3 Å². The van der Waals surface area contributed by atoms with Gasteiger partial charge in [-0.2, -0.15) is 0 Å². The fraction of sp³-hybridized carbons (Fsp3) is 0.174. The first-order valence-corrected chi connectivity index (χ1v) is 10.6. The second kappa shape index (κ2) is 8.72. The summed E-state index contributed by atoms with van der Waals surface area (Å²) in [5, 5.41) is 3.17. The number of rotatable bonds is 6. The van der Waals surface area contributed by atoms with E-state index in [4.69, 9.17) is 9.47 Å². The first-order valence-electron chi connectivity index (χ1n) is 9.76. The topological polar surface area (TPSA) is 91.6 Å². The molecule has 0 aliphatic heterocycles. The molecule has 1 amide bonds. The maximum atomic E-state index is 13.3. The van der Waals surface area contributed by atoms with Crippen LogP contribution in [0.15, 0.2) is 64.2 Å². The molecule has 8 nitrogen and oxygen atoms in total. The number of thiophene rings is 1. The number of benzene rings is 2. The maximum Gasteiger partial charge on any atom is 0.337 e. The summed E-state index contributed by atoms with van der Waals surface area (Å²) < 4.78 is 12.9. The van der Waals surface area contributed by atoms with Gasteiger partial charge in [0, 0.05) is 10.9 Å². The third kappa shape index (κ3) is 3.90. The Balaban J connectivity index is 1.77. The van der Waals surface area contributed by atoms with Crippen molar-refractivity contribution in [2.45, 2.75) is 13.5 Å². The standard InChI is InChI=1S/C23H21N3O5S/c1-14-11-17-21(28)26(15-7-5-4-6-8-15)23(29)25(22(17)32-14)13-20(27)24-18-10-9-16(30-2)12-19(18)31-3/h4-12H,13H2,1-3H3,(H,24,27). The number of methoxy groups -OCH3 is 2. The number of aromatic nitrogens is 2. The van der Waals surface area contributed by atoms with Gasteiger partial charge in [-0.3, -0.25) is 14.2 Å². The molecule has 4 rings (SSSR count). The van der Waals surface area contributed by atoms with Gasteiger partial charge in [-0.25, -0.2) is 9.36 Å². The van der Waals surface area contributed by atoms with E-state index in [2.05, 4.69) is 5.32 Å². The Morgan fingerprint density at radius 3 is 2.47 bits per heavy atom. The van der Waals surface area contributed by atoms with Crippen LogP contribution in [0.2, 0.25) is 0 Å². The van der Waals surface area contributed by atoms with Crippen LogP contribution in [0.4, 0.5) is 5.69 Å². The largest absolute Gasteiger partial charge is 0.497 e. The number of carbonyl (C=O) groups excluding carboxylic acids is 1. The van der Waals surface area contributed by atoms with E-state index >= 15 is 0 Å². The monoisotopic (exact) mass is 451 g/mol. The molecule has 32 heavy (non-hydrogen) atoms. The van der Waals surface area contributed by atoms with Gasteiger partial charge < -0.3 is 14.8 Å². The zero-order valence-electron chi connectivity index (χ0n) is 17.7. The van der Waals surface area contributed by atoms with Crippen molar-refractivity contribution in [3.63, 3.8) is 0 Å². The number of anilines is 1. The van der Waals surface area contributed by atoms with Crippen LogP contribution in [0.25, 0.3) is 15.9 Å². The highest BCUT2D eigenvalue weighted by Gasteiger charge is 2.19. The van der Waals surface area contributed by atoms with Crippen LogP contribution >= 0.6 is 11.3 Å². The molecule has 0 aliphatic carbocycles. The SMILES string of the molecule is COc1ccc(NC(=O)Cn2c(=O)n(-c3ccccc3)c(=O)c3cc(C)sc32)c(OC)c1. The minimum absolute atomic E-state index is 0.266. The molecule has 0 bridgehead atoms. The van der Waals surface area contributed by atoms with E-state index in [1.165, 1.54) is 30.1 Å². The smallest absolute Gasteiger partial charge is 0.337 e. The highest BCUT2D eigenvalue weighted by molar-refractivity contribution is 7.18. The Morgan fingerprint density at radius 1 is 1.03 bits per heavy atom. The van der Waals surface area contributed by atoms with Crippen LogP contribution in [0, 0.1) is 6.92 Å². The average Bonchev–Trinajstić information content (AvgIpc) is 3.19. The van der Waals surface area contributed by atoms with E-state index in [9.17, 15) is 14.4 Å². The number of para-hydroxylation sites is 1. The summed E-state index contributed by atoms with van der Waals surface area (Å²) in [5.41, 5.74) is -0.0954. The van der Waals surface area contributed by atoms with Crippen LogP contribution < -0.4 is 26.0 Å². The number of nitrogens with one attached hydrogen (secondary N) is 1. The fourth-order valence-electron chi connectivity index (χ4n) is 3.45. The maximum absolute atomic E-state index is 13.3. The number of nitrogens with zero attached hydrogens (tertiary/aromatic N) is 2. The molecule has 0 saturated carbocycles. The highest BCUT2D eigenvalue weighted by atomic mass is 32.1. The molecule has 0 radical (unpaired) electrons. The fourth-order valence-corrected chi connectivity index (χ4v) is 4.44. The van der Waals surface area contributed by atoms with E-state index < -0.39 is 17.2 Å². The Labute approximate surface area is 187 Å². The second-order valence-electron chi connectivity index (χ2n) is 7.04. The number of amides is 1. The van der Waals surface area contributed by atoms with E-state index in [-0.39, 0.29) is 6.54 Å². The third-order valence-electron chi connectivity index (χ3n) is 4.94. The summed E-state index contributed by atoms with van der Waals surface area (Å²) in [6.07, 6.45) is 0. The molecule has 0 atom stereocenters. The number of hydrogen-bond donors (Lipinski definition) is 1. The number of ether oxygens (including phenoxy) is 2. The summed E-state index contributed by atoms with van der Waals surface area (Å²) in [6, 6.07) is 15.4. The van der Waals surface area contributed by atoms with Crippen molar-refractivity contribution < 1.29 is 14.3 Å². The molecule has 1 N–H and O–H groups in total. The molecule has 0 aliphatic rings. The second-order valence-corrected chi connectivity index (χ2v) is 8.27.